The fraction of sp³-hybridized carbons (Fsp3) is 0.400. The van der Waals surface area contributed by atoms with Crippen LogP contribution in [0.3, 0.4) is 0 Å². The minimum atomic E-state index is -3.81. The van der Waals surface area contributed by atoms with Gasteiger partial charge in [0.15, 0.2) is 6.23 Å². The van der Waals surface area contributed by atoms with Crippen LogP contribution in [0.1, 0.15) is 48.7 Å². The Bertz CT molecular complexity index is 1200. The Hall–Kier alpha value is -3.24. The van der Waals surface area contributed by atoms with E-state index in [4.69, 9.17) is 16.3 Å². The molecule has 1 N–H and O–H groups in total. The normalized spacial score (nSPS) is 18.3. The number of halogens is 3. The summed E-state index contributed by atoms with van der Waals surface area (Å²) in [4.78, 5) is 20.0. The van der Waals surface area contributed by atoms with Gasteiger partial charge in [0, 0.05) is 54.9 Å². The molecule has 1 aromatic carbocycles. The lowest BCUT2D eigenvalue weighted by atomic mass is 10.1. The number of hydrogen-bond donors (Lipinski definition) is 1. The molecular weight excluding hydrogens is 492 g/mol. The Morgan fingerprint density at radius 1 is 1.14 bits per heavy atom. The summed E-state index contributed by atoms with van der Waals surface area (Å²) in [7, 11) is 0. The highest BCUT2D eigenvalue weighted by molar-refractivity contribution is 6.20. The Morgan fingerprint density at radius 3 is 2.61 bits per heavy atom. The van der Waals surface area contributed by atoms with Gasteiger partial charge in [-0.25, -0.2) is 9.67 Å². The van der Waals surface area contributed by atoms with Crippen LogP contribution >= 0.6 is 11.6 Å². The molecule has 0 spiro atoms. The molecule has 11 heteroatoms. The zero-order valence-corrected chi connectivity index (χ0v) is 20.3. The lowest BCUT2D eigenvalue weighted by molar-refractivity contribution is -0.0964. The maximum atomic E-state index is 13.1. The number of amides is 1. The van der Waals surface area contributed by atoms with Gasteiger partial charge in [-0.05, 0) is 68.5 Å². The molecule has 5 rings (SSSR count). The van der Waals surface area contributed by atoms with Gasteiger partial charge in [0.2, 0.25) is 0 Å². The lowest BCUT2D eigenvalue weighted by Crippen LogP contribution is -2.23. The van der Waals surface area contributed by atoms with Gasteiger partial charge in [-0.1, -0.05) is 0 Å². The molecule has 2 fully saturated rings. The molecule has 4 heterocycles. The van der Waals surface area contributed by atoms with Crippen LogP contribution in [-0.2, 0) is 4.74 Å². The predicted molar refractivity (Wildman–Crippen MR) is 132 cm³/mol. The molecule has 3 aromatic rings. The standard InChI is InChI=1S/C25H26ClF2N5O3/c26-25(27,28)36-19-8-6-18(7-9-19)31-24(34)17-15-20(23(29-16-17)32-12-2-3-13-32)21-10-11-30-33(21)22-5-1-4-14-35-22/h6-11,15-16,22H,1-5,12-14H2,(H,31,34). The number of anilines is 2. The third-order valence-electron chi connectivity index (χ3n) is 6.25. The summed E-state index contributed by atoms with van der Waals surface area (Å²) in [5.41, 5.74) is -1.38. The smallest absolute Gasteiger partial charge is 0.420 e. The summed E-state index contributed by atoms with van der Waals surface area (Å²) in [5.74, 6) is 0.309. The van der Waals surface area contributed by atoms with E-state index in [1.54, 1.807) is 12.4 Å². The predicted octanol–water partition coefficient (Wildman–Crippen LogP) is 5.66. The van der Waals surface area contributed by atoms with Crippen molar-refractivity contribution >= 4 is 29.0 Å². The van der Waals surface area contributed by atoms with Crippen LogP contribution in [0.4, 0.5) is 20.3 Å². The van der Waals surface area contributed by atoms with Crippen LogP contribution in [0, 0.1) is 0 Å². The Balaban J connectivity index is 1.42. The van der Waals surface area contributed by atoms with Gasteiger partial charge < -0.3 is 19.7 Å². The SMILES string of the molecule is O=C(Nc1ccc(OC(F)(F)Cl)cc1)c1cnc(N2CCCC2)c(-c2ccnn2C2CCCCO2)c1. The first-order chi connectivity index (χ1) is 17.4. The van der Waals surface area contributed by atoms with Crippen LogP contribution in [-0.4, -0.2) is 45.9 Å². The molecule has 2 aliphatic heterocycles. The van der Waals surface area contributed by atoms with Gasteiger partial charge in [-0.3, -0.25) is 4.79 Å². The van der Waals surface area contributed by atoms with E-state index in [9.17, 15) is 13.6 Å². The molecule has 1 unspecified atom stereocenters. The van der Waals surface area contributed by atoms with E-state index < -0.39 is 5.57 Å². The highest BCUT2D eigenvalue weighted by Crippen LogP contribution is 2.35. The highest BCUT2D eigenvalue weighted by Gasteiger charge is 2.28. The number of ether oxygens (including phenoxy) is 2. The fourth-order valence-corrected chi connectivity index (χ4v) is 4.66. The second kappa shape index (κ2) is 10.4. The third kappa shape index (κ3) is 5.60. The van der Waals surface area contributed by atoms with Crippen molar-refractivity contribution in [2.24, 2.45) is 0 Å². The van der Waals surface area contributed by atoms with Crippen molar-refractivity contribution in [2.75, 3.05) is 29.9 Å². The number of aromatic nitrogens is 3. The van der Waals surface area contributed by atoms with E-state index in [2.05, 4.69) is 25.0 Å². The van der Waals surface area contributed by atoms with E-state index in [1.165, 1.54) is 24.3 Å². The molecule has 190 valence electrons. The fourth-order valence-electron chi connectivity index (χ4n) is 4.57. The van der Waals surface area contributed by atoms with E-state index in [0.29, 0.717) is 17.9 Å². The van der Waals surface area contributed by atoms with Gasteiger partial charge in [0.25, 0.3) is 5.91 Å². The summed E-state index contributed by atoms with van der Waals surface area (Å²) in [5, 5.41) is 7.30. The van der Waals surface area contributed by atoms with Gasteiger partial charge >= 0.3 is 5.57 Å². The number of alkyl halides is 3. The monoisotopic (exact) mass is 517 g/mol. The van der Waals surface area contributed by atoms with Crippen molar-refractivity contribution in [2.45, 2.75) is 43.9 Å². The Labute approximate surface area is 212 Å². The number of rotatable bonds is 7. The Kier molecular flexibility index (Phi) is 7.06. The summed E-state index contributed by atoms with van der Waals surface area (Å²) < 4.78 is 37.8. The van der Waals surface area contributed by atoms with Crippen molar-refractivity contribution in [1.29, 1.82) is 0 Å². The van der Waals surface area contributed by atoms with Crippen molar-refractivity contribution in [3.63, 3.8) is 0 Å². The summed E-state index contributed by atoms with van der Waals surface area (Å²) in [6.45, 7) is 2.49. The summed E-state index contributed by atoms with van der Waals surface area (Å²) in [6, 6.07) is 9.25. The molecule has 0 bridgehead atoms. The number of hydrogen-bond acceptors (Lipinski definition) is 6. The summed E-state index contributed by atoms with van der Waals surface area (Å²) >= 11 is 4.80. The molecule has 8 nitrogen and oxygen atoms in total. The first-order valence-electron chi connectivity index (χ1n) is 11.9. The van der Waals surface area contributed by atoms with E-state index in [1.807, 2.05) is 16.8 Å². The average molecular weight is 518 g/mol. The van der Waals surface area contributed by atoms with Gasteiger partial charge in [-0.2, -0.15) is 5.10 Å². The number of pyridine rings is 1. The molecule has 1 amide bonds. The maximum absolute atomic E-state index is 13.1. The molecule has 0 radical (unpaired) electrons. The first kappa shape index (κ1) is 24.5. The van der Waals surface area contributed by atoms with Crippen LogP contribution in [0.25, 0.3) is 11.3 Å². The molecule has 0 aliphatic carbocycles. The molecule has 36 heavy (non-hydrogen) atoms. The quantitative estimate of drug-likeness (QED) is 0.407. The molecule has 2 saturated heterocycles. The second-order valence-electron chi connectivity index (χ2n) is 8.80. The van der Waals surface area contributed by atoms with Crippen LogP contribution in [0.2, 0.25) is 0 Å². The summed E-state index contributed by atoms with van der Waals surface area (Å²) in [6.07, 6.45) is 8.27. The molecule has 0 saturated carbocycles. The number of nitrogens with zero attached hydrogens (tertiary/aromatic N) is 4. The zero-order chi connectivity index (χ0) is 25.1. The minimum Gasteiger partial charge on any atom is -0.420 e. The molecule has 1 atom stereocenters. The number of benzene rings is 1. The number of nitrogens with one attached hydrogen (secondary N) is 1. The largest absolute Gasteiger partial charge is 0.487 e. The van der Waals surface area contributed by atoms with E-state index >= 15 is 0 Å². The van der Waals surface area contributed by atoms with Crippen LogP contribution in [0.15, 0.2) is 48.8 Å². The van der Waals surface area contributed by atoms with Crippen LogP contribution in [0.5, 0.6) is 5.75 Å². The maximum Gasteiger partial charge on any atom is 0.487 e. The third-order valence-corrected chi connectivity index (χ3v) is 6.33. The van der Waals surface area contributed by atoms with E-state index in [-0.39, 0.29) is 17.9 Å². The Morgan fingerprint density at radius 2 is 1.92 bits per heavy atom. The zero-order valence-electron chi connectivity index (χ0n) is 19.5. The topological polar surface area (TPSA) is 81.5 Å². The van der Waals surface area contributed by atoms with Gasteiger partial charge in [0.05, 0.1) is 11.3 Å². The van der Waals surface area contributed by atoms with Gasteiger partial charge in [-0.15, -0.1) is 8.78 Å². The molecule has 2 aliphatic rings. The second-order valence-corrected chi connectivity index (χ2v) is 9.24. The van der Waals surface area contributed by atoms with Crippen molar-refractivity contribution in [1.82, 2.24) is 14.8 Å². The first-order valence-corrected chi connectivity index (χ1v) is 12.3. The van der Waals surface area contributed by atoms with Crippen molar-refractivity contribution in [3.8, 4) is 17.0 Å². The minimum absolute atomic E-state index is 0.120. The van der Waals surface area contributed by atoms with Gasteiger partial charge in [0.1, 0.15) is 11.6 Å². The average Bonchev–Trinajstić information content (AvgIpc) is 3.57. The molecular formula is C25H26ClF2N5O3. The van der Waals surface area contributed by atoms with Crippen molar-refractivity contribution in [3.05, 3.63) is 54.4 Å². The number of carbonyl (C=O) groups is 1. The number of carbonyl (C=O) groups excluding carboxylic acids is 1. The van der Waals surface area contributed by atoms with E-state index in [0.717, 1.165) is 62.3 Å². The van der Waals surface area contributed by atoms with Crippen molar-refractivity contribution < 1.29 is 23.0 Å². The highest BCUT2D eigenvalue weighted by atomic mass is 35.5. The lowest BCUT2D eigenvalue weighted by Gasteiger charge is -2.26. The van der Waals surface area contributed by atoms with Crippen LogP contribution < -0.4 is 15.0 Å². The molecule has 2 aromatic heterocycles.